The van der Waals surface area contributed by atoms with E-state index in [0.29, 0.717) is 23.0 Å². The van der Waals surface area contributed by atoms with Crippen LogP contribution in [-0.2, 0) is 4.79 Å². The van der Waals surface area contributed by atoms with Gasteiger partial charge in [0.1, 0.15) is 23.0 Å². The summed E-state index contributed by atoms with van der Waals surface area (Å²) in [5.41, 5.74) is 1.15. The minimum absolute atomic E-state index is 0.0337. The second-order valence-electron chi connectivity index (χ2n) is 6.46. The van der Waals surface area contributed by atoms with Crippen molar-refractivity contribution in [1.29, 1.82) is 0 Å². The van der Waals surface area contributed by atoms with Gasteiger partial charge in [-0.25, -0.2) is 9.78 Å². The van der Waals surface area contributed by atoms with E-state index in [-0.39, 0.29) is 11.9 Å². The van der Waals surface area contributed by atoms with Crippen molar-refractivity contribution < 1.29 is 19.1 Å². The Morgan fingerprint density at radius 2 is 2.17 bits per heavy atom. The van der Waals surface area contributed by atoms with Crippen LogP contribution in [0.3, 0.4) is 0 Å². The minimum Gasteiger partial charge on any atom is -0.480 e. The third-order valence-electron chi connectivity index (χ3n) is 5.10. The maximum absolute atomic E-state index is 13.0. The number of carboxylic acid groups (broad SMARTS) is 1. The van der Waals surface area contributed by atoms with E-state index in [2.05, 4.69) is 4.98 Å². The van der Waals surface area contributed by atoms with Crippen LogP contribution in [0.15, 0.2) is 28.4 Å². The molecule has 7 heteroatoms. The van der Waals surface area contributed by atoms with Gasteiger partial charge in [-0.15, -0.1) is 11.3 Å². The quantitative estimate of drug-likeness (QED) is 0.922. The van der Waals surface area contributed by atoms with Gasteiger partial charge in [0.25, 0.3) is 5.91 Å². The van der Waals surface area contributed by atoms with Crippen molar-refractivity contribution >= 4 is 23.2 Å². The second-order valence-corrected chi connectivity index (χ2v) is 7.32. The molecule has 3 heterocycles. The van der Waals surface area contributed by atoms with Crippen molar-refractivity contribution in [3.63, 3.8) is 0 Å². The van der Waals surface area contributed by atoms with E-state index in [0.717, 1.165) is 31.2 Å². The zero-order valence-electron chi connectivity index (χ0n) is 13.1. The van der Waals surface area contributed by atoms with Crippen molar-refractivity contribution in [3.8, 4) is 10.6 Å². The molecule has 0 unspecified atom stereocenters. The number of carboxylic acids is 1. The predicted octanol–water partition coefficient (Wildman–Crippen LogP) is 3.26. The maximum atomic E-state index is 13.0. The van der Waals surface area contributed by atoms with Gasteiger partial charge in [-0.1, -0.05) is 12.8 Å². The lowest BCUT2D eigenvalue weighted by Gasteiger charge is -2.32. The Balaban J connectivity index is 1.63. The van der Waals surface area contributed by atoms with E-state index < -0.39 is 12.0 Å². The summed E-state index contributed by atoms with van der Waals surface area (Å²) in [5.74, 6) is -0.874. The maximum Gasteiger partial charge on any atom is 0.326 e. The minimum atomic E-state index is -0.914. The number of hydrogen-bond acceptors (Lipinski definition) is 5. The van der Waals surface area contributed by atoms with E-state index in [1.807, 2.05) is 0 Å². The molecule has 0 aromatic carbocycles. The summed E-state index contributed by atoms with van der Waals surface area (Å²) in [6.45, 7) is 0. The normalized spacial score (nSPS) is 26.3. The fraction of sp³-hybridized carbons (Fsp3) is 0.471. The first-order chi connectivity index (χ1) is 11.6. The number of carbonyl (C=O) groups excluding carboxylic acids is 1. The summed E-state index contributed by atoms with van der Waals surface area (Å²) in [5, 5.41) is 12.0. The number of furan rings is 1. The summed E-state index contributed by atoms with van der Waals surface area (Å²) in [4.78, 5) is 30.6. The van der Waals surface area contributed by atoms with Gasteiger partial charge in [0.2, 0.25) is 0 Å². The molecule has 4 rings (SSSR count). The smallest absolute Gasteiger partial charge is 0.326 e. The largest absolute Gasteiger partial charge is 0.480 e. The van der Waals surface area contributed by atoms with Gasteiger partial charge < -0.3 is 14.4 Å². The molecule has 0 bridgehead atoms. The van der Waals surface area contributed by atoms with Gasteiger partial charge in [0, 0.05) is 17.0 Å². The third kappa shape index (κ3) is 2.53. The topological polar surface area (TPSA) is 83.6 Å². The molecule has 2 fully saturated rings. The molecule has 0 radical (unpaired) electrons. The van der Waals surface area contributed by atoms with Crippen molar-refractivity contribution in [2.24, 2.45) is 5.92 Å². The molecule has 1 aliphatic carbocycles. The van der Waals surface area contributed by atoms with Crippen molar-refractivity contribution in [2.75, 3.05) is 0 Å². The average Bonchev–Trinajstić information content (AvgIpc) is 3.31. The van der Waals surface area contributed by atoms with E-state index in [9.17, 15) is 14.7 Å². The third-order valence-corrected chi connectivity index (χ3v) is 5.99. The number of aromatic nitrogens is 1. The highest BCUT2D eigenvalue weighted by Gasteiger charge is 2.48. The van der Waals surface area contributed by atoms with Crippen LogP contribution < -0.4 is 0 Å². The second kappa shape index (κ2) is 6.05. The Labute approximate surface area is 143 Å². The van der Waals surface area contributed by atoms with Crippen LogP contribution in [0.25, 0.3) is 10.6 Å². The molecular weight excluding hydrogens is 328 g/mol. The monoisotopic (exact) mass is 346 g/mol. The summed E-state index contributed by atoms with van der Waals surface area (Å²) in [7, 11) is 0. The van der Waals surface area contributed by atoms with E-state index in [1.165, 1.54) is 11.3 Å². The Morgan fingerprint density at radius 1 is 1.33 bits per heavy atom. The van der Waals surface area contributed by atoms with Gasteiger partial charge in [0.05, 0.1) is 6.26 Å². The van der Waals surface area contributed by atoms with Crippen LogP contribution in [0.4, 0.5) is 0 Å². The standard InChI is InChI=1S/C17H18N2O4S/c20-16(12-9-24-15(18-12)11-5-6-23-8-11)19-13-4-2-1-3-10(13)7-14(19)17(21)22/h5-6,8-10,13-14H,1-4,7H2,(H,21,22)/t10-,13+,14+/m1/s1. The molecule has 6 nitrogen and oxygen atoms in total. The molecular formula is C17H18N2O4S. The van der Waals surface area contributed by atoms with Crippen molar-refractivity contribution in [2.45, 2.75) is 44.2 Å². The number of carbonyl (C=O) groups is 2. The predicted molar refractivity (Wildman–Crippen MR) is 87.8 cm³/mol. The van der Waals surface area contributed by atoms with Crippen LogP contribution in [0.1, 0.15) is 42.6 Å². The number of likely N-dealkylation sites (tertiary alicyclic amines) is 1. The number of fused-ring (bicyclic) bond motifs is 1. The molecule has 1 N–H and O–H groups in total. The fourth-order valence-electron chi connectivity index (χ4n) is 4.00. The molecule has 0 spiro atoms. The molecule has 3 atom stereocenters. The first-order valence-corrected chi connectivity index (χ1v) is 9.06. The Hall–Kier alpha value is -2.15. The van der Waals surface area contributed by atoms with Crippen LogP contribution in [0.5, 0.6) is 0 Å². The molecule has 2 aliphatic rings. The van der Waals surface area contributed by atoms with E-state index in [1.54, 1.807) is 28.9 Å². The van der Waals surface area contributed by atoms with Crippen LogP contribution >= 0.6 is 11.3 Å². The average molecular weight is 346 g/mol. The highest BCUT2D eigenvalue weighted by molar-refractivity contribution is 7.13. The number of aliphatic carboxylic acids is 1. The first-order valence-electron chi connectivity index (χ1n) is 8.18. The fourth-order valence-corrected chi connectivity index (χ4v) is 4.78. The van der Waals surface area contributed by atoms with E-state index >= 15 is 0 Å². The van der Waals surface area contributed by atoms with Crippen LogP contribution in [-0.4, -0.2) is 39.0 Å². The molecule has 2 aromatic heterocycles. The Kier molecular flexibility index (Phi) is 3.88. The molecule has 1 saturated heterocycles. The number of hydrogen-bond donors (Lipinski definition) is 1. The lowest BCUT2D eigenvalue weighted by atomic mass is 9.84. The number of rotatable bonds is 3. The summed E-state index contributed by atoms with van der Waals surface area (Å²) < 4.78 is 5.05. The van der Waals surface area contributed by atoms with Crippen LogP contribution in [0, 0.1) is 5.92 Å². The number of thiazole rings is 1. The molecule has 1 aliphatic heterocycles. The summed E-state index contributed by atoms with van der Waals surface area (Å²) in [6, 6.07) is 1.09. The molecule has 1 saturated carbocycles. The number of amides is 1. The lowest BCUT2D eigenvalue weighted by Crippen LogP contribution is -2.46. The summed E-state index contributed by atoms with van der Waals surface area (Å²) in [6.07, 6.45) is 7.77. The SMILES string of the molecule is O=C(O)[C@@H]1C[C@H]2CCCC[C@@H]2N1C(=O)c1csc(-c2ccoc2)n1. The van der Waals surface area contributed by atoms with Gasteiger partial charge >= 0.3 is 5.97 Å². The first kappa shape index (κ1) is 15.4. The van der Waals surface area contributed by atoms with Gasteiger partial charge in [-0.05, 0) is 31.2 Å². The zero-order valence-corrected chi connectivity index (χ0v) is 13.9. The van der Waals surface area contributed by atoms with Gasteiger partial charge in [-0.2, -0.15) is 0 Å². The van der Waals surface area contributed by atoms with Crippen LogP contribution in [0.2, 0.25) is 0 Å². The van der Waals surface area contributed by atoms with Gasteiger partial charge in [-0.3, -0.25) is 4.79 Å². The van der Waals surface area contributed by atoms with Gasteiger partial charge in [0.15, 0.2) is 0 Å². The Bertz CT molecular complexity index is 754. The molecule has 2 aromatic rings. The molecule has 24 heavy (non-hydrogen) atoms. The highest BCUT2D eigenvalue weighted by atomic mass is 32.1. The molecule has 1 amide bonds. The summed E-state index contributed by atoms with van der Waals surface area (Å²) >= 11 is 1.37. The lowest BCUT2D eigenvalue weighted by molar-refractivity contribution is -0.141. The molecule has 126 valence electrons. The van der Waals surface area contributed by atoms with Crippen molar-refractivity contribution in [3.05, 3.63) is 29.7 Å². The number of nitrogens with zero attached hydrogens (tertiary/aromatic N) is 2. The highest BCUT2D eigenvalue weighted by Crippen LogP contribution is 2.40. The zero-order chi connectivity index (χ0) is 16.7. The van der Waals surface area contributed by atoms with E-state index in [4.69, 9.17) is 4.42 Å². The Morgan fingerprint density at radius 3 is 2.92 bits per heavy atom. The van der Waals surface area contributed by atoms with Crippen molar-refractivity contribution in [1.82, 2.24) is 9.88 Å².